The van der Waals surface area contributed by atoms with Gasteiger partial charge in [0.25, 0.3) is 0 Å². The number of nitrogens with zero attached hydrogens (tertiary/aromatic N) is 1. The van der Waals surface area contributed by atoms with E-state index in [0.717, 1.165) is 24.5 Å². The van der Waals surface area contributed by atoms with Crippen molar-refractivity contribution in [1.82, 2.24) is 4.98 Å². The summed E-state index contributed by atoms with van der Waals surface area (Å²) in [7, 11) is 1.39. The van der Waals surface area contributed by atoms with Gasteiger partial charge in [-0.25, -0.2) is 4.98 Å². The third kappa shape index (κ3) is 2.57. The molecule has 0 aromatic carbocycles. The molecule has 0 N–H and O–H groups in total. The lowest BCUT2D eigenvalue weighted by molar-refractivity contribution is -0.139. The molecule has 1 heterocycles. The van der Waals surface area contributed by atoms with Gasteiger partial charge < -0.3 is 9.15 Å². The normalized spacial score (nSPS) is 18.6. The molecular weight excluding hydrogens is 230 g/mol. The van der Waals surface area contributed by atoms with Gasteiger partial charge in [0.05, 0.1) is 19.2 Å². The molecule has 18 heavy (non-hydrogen) atoms. The van der Waals surface area contributed by atoms with E-state index in [-0.39, 0.29) is 17.8 Å². The van der Waals surface area contributed by atoms with Crippen LogP contribution < -0.4 is 0 Å². The van der Waals surface area contributed by atoms with Crippen molar-refractivity contribution in [3.8, 4) is 0 Å². The summed E-state index contributed by atoms with van der Waals surface area (Å²) in [6, 6.07) is 0. The molecule has 1 aliphatic carbocycles. The molecule has 1 saturated carbocycles. The fraction of sp³-hybridized carbons (Fsp3) is 0.714. The monoisotopic (exact) mass is 251 g/mol. The molecule has 1 fully saturated rings. The highest BCUT2D eigenvalue weighted by Crippen LogP contribution is 2.39. The summed E-state index contributed by atoms with van der Waals surface area (Å²) >= 11 is 0. The molecule has 0 spiro atoms. The Morgan fingerprint density at radius 1 is 1.39 bits per heavy atom. The van der Waals surface area contributed by atoms with Gasteiger partial charge in [0.2, 0.25) is 5.89 Å². The van der Waals surface area contributed by atoms with E-state index in [2.05, 4.69) is 16.6 Å². The van der Waals surface area contributed by atoms with Gasteiger partial charge in [-0.2, -0.15) is 0 Å². The molecule has 0 saturated heterocycles. The highest BCUT2D eigenvalue weighted by molar-refractivity contribution is 5.72. The first kappa shape index (κ1) is 13.1. The number of hydrogen-bond acceptors (Lipinski definition) is 4. The van der Waals surface area contributed by atoms with Gasteiger partial charge in [-0.15, -0.1) is 0 Å². The lowest BCUT2D eigenvalue weighted by atomic mass is 9.76. The van der Waals surface area contributed by atoms with Crippen molar-refractivity contribution in [2.24, 2.45) is 0 Å². The zero-order chi connectivity index (χ0) is 13.2. The van der Waals surface area contributed by atoms with E-state index < -0.39 is 0 Å². The van der Waals surface area contributed by atoms with Crippen molar-refractivity contribution in [3.63, 3.8) is 0 Å². The number of aryl methyl sites for hydroxylation is 1. The summed E-state index contributed by atoms with van der Waals surface area (Å²) < 4.78 is 10.5. The number of carbonyl (C=O) groups is 1. The van der Waals surface area contributed by atoms with Crippen molar-refractivity contribution in [2.45, 2.75) is 57.8 Å². The highest BCUT2D eigenvalue weighted by Gasteiger charge is 2.34. The van der Waals surface area contributed by atoms with Gasteiger partial charge in [-0.05, 0) is 19.8 Å². The second kappa shape index (κ2) is 5.12. The Morgan fingerprint density at radius 3 is 2.67 bits per heavy atom. The molecule has 1 aromatic rings. The van der Waals surface area contributed by atoms with E-state index in [1.54, 1.807) is 0 Å². The van der Waals surface area contributed by atoms with Gasteiger partial charge in [0, 0.05) is 5.41 Å². The van der Waals surface area contributed by atoms with Crippen LogP contribution in [0.4, 0.5) is 0 Å². The Kier molecular flexibility index (Phi) is 3.73. The maximum atomic E-state index is 11.3. The van der Waals surface area contributed by atoms with Gasteiger partial charge in [0.15, 0.2) is 0 Å². The summed E-state index contributed by atoms with van der Waals surface area (Å²) in [6.07, 6.45) is 6.18. The Balaban J connectivity index is 2.19. The molecule has 0 atom stereocenters. The maximum Gasteiger partial charge on any atom is 0.311 e. The molecule has 100 valence electrons. The molecule has 2 rings (SSSR count). The first-order valence-electron chi connectivity index (χ1n) is 6.59. The number of rotatable bonds is 3. The van der Waals surface area contributed by atoms with Gasteiger partial charge in [-0.3, -0.25) is 4.79 Å². The molecule has 0 bridgehead atoms. The van der Waals surface area contributed by atoms with Crippen molar-refractivity contribution < 1.29 is 13.9 Å². The quantitative estimate of drug-likeness (QED) is 0.775. The standard InChI is InChI=1S/C14H21NO3/c1-10-11(9-12(16)17-3)15-13(18-10)14(2)7-5-4-6-8-14/h4-9H2,1-3H3. The summed E-state index contributed by atoms with van der Waals surface area (Å²) in [5.74, 6) is 1.26. The molecule has 0 radical (unpaired) electrons. The zero-order valence-electron chi connectivity index (χ0n) is 11.4. The van der Waals surface area contributed by atoms with Crippen molar-refractivity contribution in [3.05, 3.63) is 17.3 Å². The minimum absolute atomic E-state index is 0.0391. The number of methoxy groups -OCH3 is 1. The highest BCUT2D eigenvalue weighted by atomic mass is 16.5. The van der Waals surface area contributed by atoms with Crippen LogP contribution in [0.2, 0.25) is 0 Å². The zero-order valence-corrected chi connectivity index (χ0v) is 11.4. The minimum Gasteiger partial charge on any atom is -0.469 e. The molecule has 0 aliphatic heterocycles. The van der Waals surface area contributed by atoms with Crippen LogP contribution in [-0.4, -0.2) is 18.1 Å². The number of hydrogen-bond donors (Lipinski definition) is 0. The van der Waals surface area contributed by atoms with E-state index in [0.29, 0.717) is 5.69 Å². The number of aromatic nitrogens is 1. The van der Waals surface area contributed by atoms with E-state index in [4.69, 9.17) is 4.42 Å². The van der Waals surface area contributed by atoms with Gasteiger partial charge in [-0.1, -0.05) is 26.2 Å². The fourth-order valence-corrected chi connectivity index (χ4v) is 2.61. The number of carbonyl (C=O) groups excluding carboxylic acids is 1. The van der Waals surface area contributed by atoms with Crippen LogP contribution in [0.1, 0.15) is 56.4 Å². The fourth-order valence-electron chi connectivity index (χ4n) is 2.61. The lowest BCUT2D eigenvalue weighted by Crippen LogP contribution is -2.25. The Morgan fingerprint density at radius 2 is 2.06 bits per heavy atom. The second-order valence-corrected chi connectivity index (χ2v) is 5.40. The second-order valence-electron chi connectivity index (χ2n) is 5.40. The average molecular weight is 251 g/mol. The van der Waals surface area contributed by atoms with Crippen molar-refractivity contribution in [1.29, 1.82) is 0 Å². The van der Waals surface area contributed by atoms with Gasteiger partial charge >= 0.3 is 5.97 Å². The predicted octanol–water partition coefficient (Wildman–Crippen LogP) is 2.92. The average Bonchev–Trinajstić information content (AvgIpc) is 2.72. The summed E-state index contributed by atoms with van der Waals surface area (Å²) in [4.78, 5) is 15.8. The largest absolute Gasteiger partial charge is 0.469 e. The third-order valence-corrected chi connectivity index (χ3v) is 3.91. The molecular formula is C14H21NO3. The van der Waals surface area contributed by atoms with Crippen LogP contribution in [0.25, 0.3) is 0 Å². The first-order valence-corrected chi connectivity index (χ1v) is 6.59. The third-order valence-electron chi connectivity index (χ3n) is 3.91. The summed E-state index contributed by atoms with van der Waals surface area (Å²) in [6.45, 7) is 4.07. The van der Waals surface area contributed by atoms with Crippen LogP contribution in [0.15, 0.2) is 4.42 Å². The van der Waals surface area contributed by atoms with Crippen LogP contribution in [0.5, 0.6) is 0 Å². The molecule has 4 nitrogen and oxygen atoms in total. The van der Waals surface area contributed by atoms with Crippen LogP contribution in [-0.2, 0) is 21.4 Å². The Bertz CT molecular complexity index is 430. The molecule has 0 amide bonds. The van der Waals surface area contributed by atoms with E-state index in [9.17, 15) is 4.79 Å². The smallest absolute Gasteiger partial charge is 0.311 e. The molecule has 1 aliphatic rings. The van der Waals surface area contributed by atoms with Crippen LogP contribution >= 0.6 is 0 Å². The SMILES string of the molecule is COC(=O)Cc1nc(C2(C)CCCCC2)oc1C. The predicted molar refractivity (Wildman–Crippen MR) is 67.4 cm³/mol. The minimum atomic E-state index is -0.272. The van der Waals surface area contributed by atoms with E-state index in [1.165, 1.54) is 26.4 Å². The molecule has 0 unspecified atom stereocenters. The van der Waals surface area contributed by atoms with Crippen molar-refractivity contribution >= 4 is 5.97 Å². The van der Waals surface area contributed by atoms with Crippen molar-refractivity contribution in [2.75, 3.05) is 7.11 Å². The first-order chi connectivity index (χ1) is 8.55. The van der Waals surface area contributed by atoms with E-state index >= 15 is 0 Å². The lowest BCUT2D eigenvalue weighted by Gasteiger charge is -2.30. The number of ether oxygens (including phenoxy) is 1. The summed E-state index contributed by atoms with van der Waals surface area (Å²) in [5, 5.41) is 0. The number of oxazole rings is 1. The molecule has 4 heteroatoms. The van der Waals surface area contributed by atoms with E-state index in [1.807, 2.05) is 6.92 Å². The Labute approximate surface area is 108 Å². The molecule has 1 aromatic heterocycles. The van der Waals surface area contributed by atoms with Crippen LogP contribution in [0.3, 0.4) is 0 Å². The van der Waals surface area contributed by atoms with Gasteiger partial charge in [0.1, 0.15) is 5.76 Å². The Hall–Kier alpha value is -1.32. The number of esters is 1. The topological polar surface area (TPSA) is 52.3 Å². The summed E-state index contributed by atoms with van der Waals surface area (Å²) in [5.41, 5.74) is 0.751. The maximum absolute atomic E-state index is 11.3. The van der Waals surface area contributed by atoms with Crippen LogP contribution in [0, 0.1) is 6.92 Å².